The topological polar surface area (TPSA) is 72.6 Å². The van der Waals surface area contributed by atoms with Crippen LogP contribution in [0.4, 0.5) is 5.69 Å². The molecule has 0 amide bonds. The van der Waals surface area contributed by atoms with Crippen molar-refractivity contribution < 1.29 is 14.5 Å². The molecule has 0 heterocycles. The monoisotopic (exact) mass is 164 g/mol. The highest BCUT2D eigenvalue weighted by atomic mass is 16.6. The molecule has 0 spiro atoms. The third-order valence-electron chi connectivity index (χ3n) is 1.31. The Morgan fingerprint density at radius 1 is 1.42 bits per heavy atom. The van der Waals surface area contributed by atoms with Gasteiger partial charge >= 0.3 is 13.7 Å². The van der Waals surface area contributed by atoms with Crippen molar-refractivity contribution in [3.63, 3.8) is 0 Å². The molecule has 1 aromatic carbocycles. The van der Waals surface area contributed by atoms with Crippen LogP contribution in [0.15, 0.2) is 24.3 Å². The molecule has 0 atom stereocenters. The quantitative estimate of drug-likeness (QED) is 0.474. The normalized spacial score (nSPS) is 9.08. The third kappa shape index (κ3) is 2.00. The van der Waals surface area contributed by atoms with Crippen molar-refractivity contribution in [2.75, 3.05) is 5.73 Å². The van der Waals surface area contributed by atoms with Crippen LogP contribution in [0.2, 0.25) is 0 Å². The number of rotatable bonds is 2. The van der Waals surface area contributed by atoms with Crippen LogP contribution in [0.25, 0.3) is 0 Å². The molecule has 1 aromatic rings. The van der Waals surface area contributed by atoms with Crippen LogP contribution < -0.4 is 5.73 Å². The SMILES string of the molecule is Nc1ccc(C(=O)O[B]O)cc1. The molecular weight excluding hydrogens is 157 g/mol. The molecule has 61 valence electrons. The van der Waals surface area contributed by atoms with E-state index in [2.05, 4.69) is 4.65 Å². The van der Waals surface area contributed by atoms with E-state index in [1.54, 1.807) is 12.1 Å². The van der Waals surface area contributed by atoms with Gasteiger partial charge in [0.2, 0.25) is 0 Å². The molecule has 0 bridgehead atoms. The lowest BCUT2D eigenvalue weighted by atomic mass is 10.2. The fraction of sp³-hybridized carbons (Fsp3) is 0. The minimum atomic E-state index is -0.613. The molecular formula is C7H7BNO3. The van der Waals surface area contributed by atoms with Crippen molar-refractivity contribution in [1.82, 2.24) is 0 Å². The van der Waals surface area contributed by atoms with Gasteiger partial charge in [-0.3, -0.25) is 0 Å². The minimum absolute atomic E-state index is 0.342. The summed E-state index contributed by atoms with van der Waals surface area (Å²) < 4.78 is 4.22. The predicted molar refractivity (Wildman–Crippen MR) is 44.2 cm³/mol. The van der Waals surface area contributed by atoms with Crippen molar-refractivity contribution in [2.24, 2.45) is 0 Å². The molecule has 0 saturated carbocycles. The maximum absolute atomic E-state index is 10.9. The van der Waals surface area contributed by atoms with Gasteiger partial charge < -0.3 is 15.4 Å². The van der Waals surface area contributed by atoms with E-state index >= 15 is 0 Å². The van der Waals surface area contributed by atoms with E-state index < -0.39 is 5.97 Å². The maximum Gasteiger partial charge on any atom is 0.571 e. The summed E-state index contributed by atoms with van der Waals surface area (Å²) in [6.07, 6.45) is 0. The fourth-order valence-electron chi connectivity index (χ4n) is 0.735. The maximum atomic E-state index is 10.9. The smallest absolute Gasteiger partial charge is 0.507 e. The number of hydrogen-bond donors (Lipinski definition) is 2. The summed E-state index contributed by atoms with van der Waals surface area (Å²) in [4.78, 5) is 10.9. The number of hydrogen-bond acceptors (Lipinski definition) is 4. The molecule has 3 N–H and O–H groups in total. The Hall–Kier alpha value is -1.49. The van der Waals surface area contributed by atoms with Crippen LogP contribution in [0.3, 0.4) is 0 Å². The number of carbonyl (C=O) groups excluding carboxylic acids is 1. The molecule has 0 unspecified atom stereocenters. The number of benzene rings is 1. The summed E-state index contributed by atoms with van der Waals surface area (Å²) in [5.74, 6) is -0.613. The molecule has 1 radical (unpaired) electrons. The van der Waals surface area contributed by atoms with E-state index in [-0.39, 0.29) is 0 Å². The van der Waals surface area contributed by atoms with Crippen LogP contribution in [-0.2, 0) is 4.65 Å². The lowest BCUT2D eigenvalue weighted by Gasteiger charge is -1.99. The second-order valence-corrected chi connectivity index (χ2v) is 2.13. The van der Waals surface area contributed by atoms with Gasteiger partial charge in [0.25, 0.3) is 0 Å². The van der Waals surface area contributed by atoms with E-state index in [0.29, 0.717) is 18.9 Å². The molecule has 0 aliphatic carbocycles. The average molecular weight is 164 g/mol. The first-order valence-electron chi connectivity index (χ1n) is 3.26. The Balaban J connectivity index is 2.75. The van der Waals surface area contributed by atoms with Crippen LogP contribution in [-0.4, -0.2) is 18.7 Å². The van der Waals surface area contributed by atoms with Crippen molar-refractivity contribution in [2.45, 2.75) is 0 Å². The molecule has 0 fully saturated rings. The summed E-state index contributed by atoms with van der Waals surface area (Å²) in [6, 6.07) is 6.18. The minimum Gasteiger partial charge on any atom is -0.507 e. The zero-order valence-corrected chi connectivity index (χ0v) is 6.23. The standard InChI is InChI=1S/C7H7BNO3/c9-6-3-1-5(2-4-6)7(10)12-8-11/h1-4,11H,9H2. The Bertz CT molecular complexity index is 272. The van der Waals surface area contributed by atoms with E-state index in [1.165, 1.54) is 12.1 Å². The van der Waals surface area contributed by atoms with E-state index in [1.807, 2.05) is 0 Å². The first kappa shape index (κ1) is 8.61. The molecule has 5 heteroatoms. The molecule has 12 heavy (non-hydrogen) atoms. The van der Waals surface area contributed by atoms with Gasteiger partial charge in [-0.05, 0) is 24.3 Å². The van der Waals surface area contributed by atoms with E-state index in [9.17, 15) is 4.79 Å². The van der Waals surface area contributed by atoms with Gasteiger partial charge in [0.05, 0.1) is 5.56 Å². The highest BCUT2D eigenvalue weighted by Crippen LogP contribution is 2.05. The van der Waals surface area contributed by atoms with E-state index in [0.717, 1.165) is 0 Å². The van der Waals surface area contributed by atoms with Crippen LogP contribution >= 0.6 is 0 Å². The van der Waals surface area contributed by atoms with Crippen LogP contribution in [0, 0.1) is 0 Å². The summed E-state index contributed by atoms with van der Waals surface area (Å²) in [5.41, 5.74) is 6.30. The fourth-order valence-corrected chi connectivity index (χ4v) is 0.735. The van der Waals surface area contributed by atoms with E-state index in [4.69, 9.17) is 10.8 Å². The zero-order chi connectivity index (χ0) is 8.97. The molecule has 0 aliphatic heterocycles. The Morgan fingerprint density at radius 2 is 2.00 bits per heavy atom. The highest BCUT2D eigenvalue weighted by molar-refractivity contribution is 6.22. The highest BCUT2D eigenvalue weighted by Gasteiger charge is 2.05. The summed E-state index contributed by atoms with van der Waals surface area (Å²) >= 11 is 0. The summed E-state index contributed by atoms with van der Waals surface area (Å²) in [7, 11) is 0.346. The van der Waals surface area contributed by atoms with Gasteiger partial charge in [-0.15, -0.1) is 0 Å². The molecule has 0 aliphatic rings. The predicted octanol–water partition coefficient (Wildman–Crippen LogP) is -0.0479. The van der Waals surface area contributed by atoms with Gasteiger partial charge in [-0.1, -0.05) is 0 Å². The number of nitrogens with two attached hydrogens (primary N) is 1. The molecule has 1 rings (SSSR count). The van der Waals surface area contributed by atoms with Crippen molar-refractivity contribution in [3.05, 3.63) is 29.8 Å². The second kappa shape index (κ2) is 3.78. The van der Waals surface area contributed by atoms with Gasteiger partial charge in [0, 0.05) is 5.69 Å². The van der Waals surface area contributed by atoms with Crippen molar-refractivity contribution >= 4 is 19.3 Å². The summed E-state index contributed by atoms with van der Waals surface area (Å²) in [6.45, 7) is 0. The first-order valence-corrected chi connectivity index (χ1v) is 3.26. The molecule has 0 aromatic heterocycles. The average Bonchev–Trinajstić information content (AvgIpc) is 2.06. The van der Waals surface area contributed by atoms with Gasteiger partial charge in [-0.25, -0.2) is 4.79 Å². The number of carbonyl (C=O) groups is 1. The second-order valence-electron chi connectivity index (χ2n) is 2.13. The third-order valence-corrected chi connectivity index (χ3v) is 1.31. The number of anilines is 1. The first-order chi connectivity index (χ1) is 5.74. The van der Waals surface area contributed by atoms with Crippen LogP contribution in [0.1, 0.15) is 10.4 Å². The van der Waals surface area contributed by atoms with Crippen LogP contribution in [0.5, 0.6) is 0 Å². The number of nitrogen functional groups attached to an aromatic ring is 1. The van der Waals surface area contributed by atoms with Gasteiger partial charge in [0.1, 0.15) is 0 Å². The zero-order valence-electron chi connectivity index (χ0n) is 6.23. The largest absolute Gasteiger partial charge is 0.571 e. The Morgan fingerprint density at radius 3 is 2.50 bits per heavy atom. The van der Waals surface area contributed by atoms with Gasteiger partial charge in [0.15, 0.2) is 0 Å². The van der Waals surface area contributed by atoms with Gasteiger partial charge in [-0.2, -0.15) is 0 Å². The lowest BCUT2D eigenvalue weighted by Crippen LogP contribution is -2.08. The Labute approximate surface area is 70.3 Å². The lowest BCUT2D eigenvalue weighted by molar-refractivity contribution is 0.0719. The molecule has 0 saturated heterocycles. The van der Waals surface area contributed by atoms with Crippen molar-refractivity contribution in [1.29, 1.82) is 0 Å². The Kier molecular flexibility index (Phi) is 2.71. The molecule has 4 nitrogen and oxygen atoms in total. The van der Waals surface area contributed by atoms with Crippen molar-refractivity contribution in [3.8, 4) is 0 Å². The summed E-state index contributed by atoms with van der Waals surface area (Å²) in [5, 5.41) is 8.16.